The molecule has 1 amide bonds. The lowest BCUT2D eigenvalue weighted by atomic mass is 9.79. The first-order chi connectivity index (χ1) is 10.5. The summed E-state index contributed by atoms with van der Waals surface area (Å²) in [5.74, 6) is -0.0806. The van der Waals surface area contributed by atoms with E-state index in [0.717, 1.165) is 34.1 Å². The summed E-state index contributed by atoms with van der Waals surface area (Å²) in [7, 11) is 0. The summed E-state index contributed by atoms with van der Waals surface area (Å²) < 4.78 is 6.44. The topological polar surface area (TPSA) is 55.4 Å². The summed E-state index contributed by atoms with van der Waals surface area (Å²) in [5, 5.41) is 3.04. The predicted molar refractivity (Wildman–Crippen MR) is 85.3 cm³/mol. The van der Waals surface area contributed by atoms with Crippen LogP contribution in [0.2, 0.25) is 0 Å². The highest BCUT2D eigenvalue weighted by molar-refractivity contribution is 9.10. The normalized spacial score (nSPS) is 34.9. The fraction of sp³-hybridized carbons (Fsp3) is 0.529. The van der Waals surface area contributed by atoms with Crippen molar-refractivity contribution in [3.8, 4) is 0 Å². The minimum Gasteiger partial charge on any atom is -0.462 e. The van der Waals surface area contributed by atoms with Crippen LogP contribution in [0.1, 0.15) is 24.0 Å². The van der Waals surface area contributed by atoms with Crippen LogP contribution in [0.25, 0.3) is 0 Å². The zero-order valence-electron chi connectivity index (χ0n) is 12.6. The Balaban J connectivity index is 1.59. The third kappa shape index (κ3) is 1.87. The number of carbonyl (C=O) groups excluding carboxylic acids is 2. The first-order valence-corrected chi connectivity index (χ1v) is 8.53. The molecule has 1 saturated heterocycles. The Hall–Kier alpha value is -1.36. The predicted octanol–water partition coefficient (Wildman–Crippen LogP) is 3.20. The van der Waals surface area contributed by atoms with Crippen molar-refractivity contribution in [2.75, 3.05) is 5.32 Å². The summed E-state index contributed by atoms with van der Waals surface area (Å²) in [5.41, 5.74) is 3.00. The van der Waals surface area contributed by atoms with E-state index in [-0.39, 0.29) is 35.7 Å². The molecule has 2 aliphatic carbocycles. The molecule has 2 saturated carbocycles. The van der Waals surface area contributed by atoms with E-state index in [1.165, 1.54) is 0 Å². The molecular formula is C17H18BrNO3. The number of amides is 1. The number of rotatable bonds is 2. The molecule has 5 atom stereocenters. The fourth-order valence-electron chi connectivity index (χ4n) is 4.50. The van der Waals surface area contributed by atoms with Crippen molar-refractivity contribution >= 4 is 33.5 Å². The zero-order chi connectivity index (χ0) is 15.6. The summed E-state index contributed by atoms with van der Waals surface area (Å²) in [6.07, 6.45) is 1.88. The molecule has 0 unspecified atom stereocenters. The minimum atomic E-state index is -0.223. The van der Waals surface area contributed by atoms with Gasteiger partial charge in [0.25, 0.3) is 0 Å². The Labute approximate surface area is 137 Å². The lowest BCUT2D eigenvalue weighted by Gasteiger charge is -2.24. The van der Waals surface area contributed by atoms with Crippen LogP contribution in [-0.4, -0.2) is 18.0 Å². The van der Waals surface area contributed by atoms with E-state index >= 15 is 0 Å². The average molecular weight is 364 g/mol. The number of halogens is 1. The van der Waals surface area contributed by atoms with Crippen molar-refractivity contribution in [2.24, 2.45) is 23.7 Å². The Morgan fingerprint density at radius 1 is 1.27 bits per heavy atom. The molecule has 4 nitrogen and oxygen atoms in total. The Kier molecular flexibility index (Phi) is 3.12. The van der Waals surface area contributed by atoms with Crippen molar-refractivity contribution in [1.29, 1.82) is 0 Å². The summed E-state index contributed by atoms with van der Waals surface area (Å²) >= 11 is 3.50. The lowest BCUT2D eigenvalue weighted by Crippen LogP contribution is -2.36. The van der Waals surface area contributed by atoms with Crippen molar-refractivity contribution in [3.05, 3.63) is 27.7 Å². The van der Waals surface area contributed by atoms with Crippen LogP contribution in [0.3, 0.4) is 0 Å². The standard InChI is InChI=1S/C17H18BrNO3/c1-7-8(2)12(4-3-11(7)18)19-16(20)14-9-5-10-13(6-9)22-17(21)15(10)14/h3-4,9-10,13-15H,5-6H2,1-2H3,(H,19,20)/t9-,10-,13+,14-,15-/m0/s1. The van der Waals surface area contributed by atoms with Crippen LogP contribution >= 0.6 is 15.9 Å². The van der Waals surface area contributed by atoms with Gasteiger partial charge in [-0.15, -0.1) is 0 Å². The minimum absolute atomic E-state index is 0.0281. The molecule has 1 heterocycles. The molecule has 3 fully saturated rings. The zero-order valence-corrected chi connectivity index (χ0v) is 14.1. The van der Waals surface area contributed by atoms with Gasteiger partial charge < -0.3 is 10.1 Å². The van der Waals surface area contributed by atoms with Gasteiger partial charge in [0.05, 0.1) is 11.8 Å². The number of hydrogen-bond donors (Lipinski definition) is 1. The smallest absolute Gasteiger partial charge is 0.310 e. The maximum atomic E-state index is 12.8. The van der Waals surface area contributed by atoms with E-state index in [4.69, 9.17) is 4.74 Å². The number of esters is 1. The van der Waals surface area contributed by atoms with E-state index in [2.05, 4.69) is 21.2 Å². The van der Waals surface area contributed by atoms with E-state index in [0.29, 0.717) is 5.92 Å². The molecule has 2 bridgehead atoms. The first-order valence-electron chi connectivity index (χ1n) is 7.74. The van der Waals surface area contributed by atoms with Gasteiger partial charge in [-0.1, -0.05) is 15.9 Å². The summed E-state index contributed by atoms with van der Waals surface area (Å²) in [6.45, 7) is 4.02. The van der Waals surface area contributed by atoms with Crippen molar-refractivity contribution < 1.29 is 14.3 Å². The maximum Gasteiger partial charge on any atom is 0.310 e. The average Bonchev–Trinajstić information content (AvgIpc) is 3.09. The number of carbonyl (C=O) groups is 2. The number of anilines is 1. The van der Waals surface area contributed by atoms with Gasteiger partial charge in [-0.25, -0.2) is 0 Å². The molecule has 4 rings (SSSR count). The molecule has 22 heavy (non-hydrogen) atoms. The molecule has 0 aromatic heterocycles. The van der Waals surface area contributed by atoms with Gasteiger partial charge in [0.1, 0.15) is 6.10 Å². The molecule has 1 aliphatic heterocycles. The molecule has 1 aromatic carbocycles. The third-order valence-corrected chi connectivity index (χ3v) is 6.62. The maximum absolute atomic E-state index is 12.8. The van der Waals surface area contributed by atoms with Gasteiger partial charge >= 0.3 is 5.97 Å². The van der Waals surface area contributed by atoms with Crippen molar-refractivity contribution in [2.45, 2.75) is 32.8 Å². The van der Waals surface area contributed by atoms with E-state index in [1.807, 2.05) is 26.0 Å². The third-order valence-electron chi connectivity index (χ3n) is 5.76. The molecule has 3 aliphatic rings. The molecule has 5 heteroatoms. The number of benzene rings is 1. The molecular weight excluding hydrogens is 346 g/mol. The number of fused-ring (bicyclic) bond motifs is 1. The Morgan fingerprint density at radius 2 is 2.05 bits per heavy atom. The second kappa shape index (κ2) is 4.82. The van der Waals surface area contributed by atoms with Crippen LogP contribution in [-0.2, 0) is 14.3 Å². The molecule has 0 radical (unpaired) electrons. The van der Waals surface area contributed by atoms with Crippen molar-refractivity contribution in [1.82, 2.24) is 0 Å². The molecule has 0 spiro atoms. The second-order valence-corrected chi connectivity index (χ2v) is 7.61. The van der Waals surface area contributed by atoms with Gasteiger partial charge in [-0.2, -0.15) is 0 Å². The quantitative estimate of drug-likeness (QED) is 0.820. The Morgan fingerprint density at radius 3 is 2.82 bits per heavy atom. The van der Waals surface area contributed by atoms with Crippen LogP contribution in [0.15, 0.2) is 16.6 Å². The highest BCUT2D eigenvalue weighted by atomic mass is 79.9. The van der Waals surface area contributed by atoms with Crippen LogP contribution < -0.4 is 5.32 Å². The molecule has 116 valence electrons. The number of ether oxygens (including phenoxy) is 1. The lowest BCUT2D eigenvalue weighted by molar-refractivity contribution is -0.145. The monoisotopic (exact) mass is 363 g/mol. The molecule has 1 N–H and O–H groups in total. The van der Waals surface area contributed by atoms with E-state index in [1.54, 1.807) is 0 Å². The van der Waals surface area contributed by atoms with E-state index < -0.39 is 0 Å². The number of hydrogen-bond acceptors (Lipinski definition) is 3. The van der Waals surface area contributed by atoms with Gasteiger partial charge in [-0.05, 0) is 55.9 Å². The summed E-state index contributed by atoms with van der Waals surface area (Å²) in [4.78, 5) is 24.8. The largest absolute Gasteiger partial charge is 0.462 e. The fourth-order valence-corrected chi connectivity index (χ4v) is 4.93. The SMILES string of the molecule is Cc1c(Br)ccc(NC(=O)[C@H]2[C@H]3C[C@@H]4[C@@H]2C(=O)O[C@@H]4C3)c1C. The van der Waals surface area contributed by atoms with Gasteiger partial charge in [0.15, 0.2) is 0 Å². The second-order valence-electron chi connectivity index (χ2n) is 6.76. The number of nitrogens with one attached hydrogen (secondary N) is 1. The van der Waals surface area contributed by atoms with Gasteiger partial charge in [0, 0.05) is 16.1 Å². The van der Waals surface area contributed by atoms with Crippen LogP contribution in [0.5, 0.6) is 0 Å². The van der Waals surface area contributed by atoms with Gasteiger partial charge in [0.2, 0.25) is 5.91 Å². The first kappa shape index (κ1) is 14.2. The Bertz CT molecular complexity index is 685. The van der Waals surface area contributed by atoms with Crippen LogP contribution in [0.4, 0.5) is 5.69 Å². The van der Waals surface area contributed by atoms with Crippen molar-refractivity contribution in [3.63, 3.8) is 0 Å². The highest BCUT2D eigenvalue weighted by Crippen LogP contribution is 2.57. The van der Waals surface area contributed by atoms with E-state index in [9.17, 15) is 9.59 Å². The van der Waals surface area contributed by atoms with Gasteiger partial charge in [-0.3, -0.25) is 9.59 Å². The summed E-state index contributed by atoms with van der Waals surface area (Å²) in [6, 6.07) is 3.85. The highest BCUT2D eigenvalue weighted by Gasteiger charge is 2.63. The van der Waals surface area contributed by atoms with Crippen LogP contribution in [0, 0.1) is 37.5 Å². The molecule has 1 aromatic rings.